The van der Waals surface area contributed by atoms with Gasteiger partial charge >= 0.3 is 0 Å². The van der Waals surface area contributed by atoms with Gasteiger partial charge in [-0.1, -0.05) is 72.3 Å². The Balaban J connectivity index is 1.78. The summed E-state index contributed by atoms with van der Waals surface area (Å²) in [4.78, 5) is 43.3. The van der Waals surface area contributed by atoms with Crippen LogP contribution in [-0.2, 0) is 20.8 Å². The molecule has 3 amide bonds. The number of hydrogen-bond donors (Lipinski definition) is 1. The van der Waals surface area contributed by atoms with Gasteiger partial charge in [-0.05, 0) is 60.4 Å². The van der Waals surface area contributed by atoms with Crippen LogP contribution in [0, 0.1) is 0 Å². The first-order chi connectivity index (χ1) is 17.3. The topological polar surface area (TPSA) is 83.7 Å². The standard InChI is InChI=1S/C29H30ClN3O3/c1-3-8-26(34)33-19(2)15-16-32(29(36)27(33)22-12-7-13-23(30)17-22)25(28(31)35)18-21-11-6-10-20-9-4-5-14-24(20)21/h3-14,17,19,25,27H,15-16,18H2,1-2H3,(H2,31,35)/b8-3+. The van der Waals surface area contributed by atoms with Crippen molar-refractivity contribution >= 4 is 40.1 Å². The number of nitrogens with zero attached hydrogens (tertiary/aromatic N) is 2. The molecule has 1 aliphatic rings. The molecule has 0 radical (unpaired) electrons. The van der Waals surface area contributed by atoms with E-state index >= 15 is 0 Å². The second-order valence-electron chi connectivity index (χ2n) is 9.13. The van der Waals surface area contributed by atoms with Crippen molar-refractivity contribution in [1.82, 2.24) is 9.80 Å². The maximum Gasteiger partial charge on any atom is 0.250 e. The molecule has 3 unspecified atom stereocenters. The molecule has 0 aliphatic carbocycles. The largest absolute Gasteiger partial charge is 0.368 e. The van der Waals surface area contributed by atoms with Crippen molar-refractivity contribution in [1.29, 1.82) is 0 Å². The van der Waals surface area contributed by atoms with Crippen molar-refractivity contribution in [3.8, 4) is 0 Å². The molecule has 3 aromatic rings. The highest BCUT2D eigenvalue weighted by Gasteiger charge is 2.42. The summed E-state index contributed by atoms with van der Waals surface area (Å²) >= 11 is 6.27. The second-order valence-corrected chi connectivity index (χ2v) is 9.57. The smallest absolute Gasteiger partial charge is 0.250 e. The Labute approximate surface area is 216 Å². The average Bonchev–Trinajstić information content (AvgIpc) is 2.98. The van der Waals surface area contributed by atoms with Crippen LogP contribution in [0.5, 0.6) is 0 Å². The van der Waals surface area contributed by atoms with Crippen molar-refractivity contribution in [2.24, 2.45) is 5.73 Å². The quantitative estimate of drug-likeness (QED) is 0.497. The van der Waals surface area contributed by atoms with Crippen LogP contribution in [0.25, 0.3) is 10.8 Å². The number of fused-ring (bicyclic) bond motifs is 1. The molecule has 0 saturated carbocycles. The number of carbonyl (C=O) groups excluding carboxylic acids is 3. The van der Waals surface area contributed by atoms with Gasteiger partial charge in [0, 0.05) is 24.0 Å². The normalized spacial score (nSPS) is 19.5. The Morgan fingerprint density at radius 3 is 2.56 bits per heavy atom. The van der Waals surface area contributed by atoms with Gasteiger partial charge in [-0.25, -0.2) is 0 Å². The summed E-state index contributed by atoms with van der Waals surface area (Å²) in [7, 11) is 0. The number of allylic oxidation sites excluding steroid dienone is 1. The number of halogens is 1. The molecule has 4 rings (SSSR count). The van der Waals surface area contributed by atoms with E-state index in [0.717, 1.165) is 16.3 Å². The predicted octanol–water partition coefficient (Wildman–Crippen LogP) is 4.66. The molecule has 0 aromatic heterocycles. The highest BCUT2D eigenvalue weighted by atomic mass is 35.5. The van der Waals surface area contributed by atoms with E-state index in [9.17, 15) is 14.4 Å². The third-order valence-corrected chi connectivity index (χ3v) is 7.02. The zero-order valence-corrected chi connectivity index (χ0v) is 21.2. The van der Waals surface area contributed by atoms with E-state index in [0.29, 0.717) is 23.6 Å². The van der Waals surface area contributed by atoms with Gasteiger partial charge in [-0.15, -0.1) is 0 Å². The van der Waals surface area contributed by atoms with E-state index in [1.165, 1.54) is 6.08 Å². The molecule has 1 heterocycles. The lowest BCUT2D eigenvalue weighted by Crippen LogP contribution is -2.52. The molecular weight excluding hydrogens is 474 g/mol. The minimum atomic E-state index is -0.931. The molecule has 1 aliphatic heterocycles. The van der Waals surface area contributed by atoms with Crippen LogP contribution in [0.3, 0.4) is 0 Å². The van der Waals surface area contributed by atoms with Gasteiger partial charge in [0.1, 0.15) is 12.1 Å². The summed E-state index contributed by atoms with van der Waals surface area (Å²) in [6.07, 6.45) is 3.90. The highest BCUT2D eigenvalue weighted by molar-refractivity contribution is 6.30. The average molecular weight is 504 g/mol. The lowest BCUT2D eigenvalue weighted by atomic mass is 9.96. The monoisotopic (exact) mass is 503 g/mol. The highest BCUT2D eigenvalue weighted by Crippen LogP contribution is 2.33. The summed E-state index contributed by atoms with van der Waals surface area (Å²) < 4.78 is 0. The Bertz CT molecular complexity index is 1320. The molecule has 0 spiro atoms. The number of benzene rings is 3. The van der Waals surface area contributed by atoms with Crippen LogP contribution < -0.4 is 5.73 Å². The fraction of sp³-hybridized carbons (Fsp3) is 0.276. The van der Waals surface area contributed by atoms with Crippen LogP contribution >= 0.6 is 11.6 Å². The maximum absolute atomic E-state index is 14.2. The van der Waals surface area contributed by atoms with Crippen molar-refractivity contribution < 1.29 is 14.4 Å². The van der Waals surface area contributed by atoms with E-state index in [2.05, 4.69) is 0 Å². The molecule has 36 heavy (non-hydrogen) atoms. The Morgan fingerprint density at radius 2 is 1.83 bits per heavy atom. The van der Waals surface area contributed by atoms with Gasteiger partial charge in [0.25, 0.3) is 5.91 Å². The van der Waals surface area contributed by atoms with Gasteiger partial charge in [0.15, 0.2) is 0 Å². The second kappa shape index (κ2) is 11.0. The zero-order valence-electron chi connectivity index (χ0n) is 20.4. The molecule has 3 atom stereocenters. The Morgan fingerprint density at radius 1 is 1.11 bits per heavy atom. The minimum Gasteiger partial charge on any atom is -0.368 e. The molecule has 0 bridgehead atoms. The van der Waals surface area contributed by atoms with Gasteiger partial charge < -0.3 is 15.5 Å². The summed E-state index contributed by atoms with van der Waals surface area (Å²) in [5, 5.41) is 2.52. The van der Waals surface area contributed by atoms with Gasteiger partial charge in [-0.2, -0.15) is 0 Å². The van der Waals surface area contributed by atoms with Crippen molar-refractivity contribution in [3.63, 3.8) is 0 Å². The van der Waals surface area contributed by atoms with Crippen LogP contribution in [-0.4, -0.2) is 46.1 Å². The van der Waals surface area contributed by atoms with Crippen LogP contribution in [0.1, 0.15) is 37.4 Å². The summed E-state index contributed by atoms with van der Waals surface area (Å²) in [5.74, 6) is -1.19. The molecule has 6 nitrogen and oxygen atoms in total. The molecule has 186 valence electrons. The van der Waals surface area contributed by atoms with E-state index in [4.69, 9.17) is 17.3 Å². The third-order valence-electron chi connectivity index (χ3n) is 6.78. The third kappa shape index (κ3) is 5.14. The molecule has 3 aromatic carbocycles. The lowest BCUT2D eigenvalue weighted by Gasteiger charge is -2.35. The number of rotatable bonds is 6. The van der Waals surface area contributed by atoms with Crippen LogP contribution in [0.2, 0.25) is 5.02 Å². The van der Waals surface area contributed by atoms with E-state index in [1.807, 2.05) is 49.4 Å². The van der Waals surface area contributed by atoms with E-state index < -0.39 is 18.0 Å². The summed E-state index contributed by atoms with van der Waals surface area (Å²) in [6.45, 7) is 3.98. The van der Waals surface area contributed by atoms with Gasteiger partial charge in [0.05, 0.1) is 0 Å². The first-order valence-corrected chi connectivity index (χ1v) is 12.5. The number of nitrogens with two attached hydrogens (primary N) is 1. The number of primary amides is 1. The lowest BCUT2D eigenvalue weighted by molar-refractivity contribution is -0.146. The fourth-order valence-electron chi connectivity index (χ4n) is 5.01. The van der Waals surface area contributed by atoms with Gasteiger partial charge in [0.2, 0.25) is 11.8 Å². The Kier molecular flexibility index (Phi) is 7.75. The minimum absolute atomic E-state index is 0.252. The number of carbonyl (C=O) groups is 3. The van der Waals surface area contributed by atoms with Crippen LogP contribution in [0.15, 0.2) is 78.9 Å². The molecule has 1 fully saturated rings. The first-order valence-electron chi connectivity index (χ1n) is 12.1. The van der Waals surface area contributed by atoms with Crippen LogP contribution in [0.4, 0.5) is 0 Å². The number of amides is 3. The van der Waals surface area contributed by atoms with Crippen molar-refractivity contribution in [3.05, 3.63) is 95.0 Å². The molecular formula is C29H30ClN3O3. The SMILES string of the molecule is C/C=C/C(=O)N1C(C)CCN(C(Cc2cccc3ccccc23)C(N)=O)C(=O)C1c1cccc(Cl)c1. The molecule has 2 N–H and O–H groups in total. The van der Waals surface area contributed by atoms with Gasteiger partial charge in [-0.3, -0.25) is 14.4 Å². The van der Waals surface area contributed by atoms with Crippen molar-refractivity contribution in [2.75, 3.05) is 6.54 Å². The fourth-order valence-corrected chi connectivity index (χ4v) is 5.21. The molecule has 1 saturated heterocycles. The Hall–Kier alpha value is -3.64. The zero-order chi connectivity index (χ0) is 25.8. The number of hydrogen-bond acceptors (Lipinski definition) is 3. The van der Waals surface area contributed by atoms with E-state index in [1.54, 1.807) is 47.1 Å². The first kappa shape index (κ1) is 25.5. The van der Waals surface area contributed by atoms with E-state index in [-0.39, 0.29) is 24.3 Å². The maximum atomic E-state index is 14.2. The van der Waals surface area contributed by atoms with Crippen molar-refractivity contribution in [2.45, 2.75) is 44.8 Å². The summed E-state index contributed by atoms with van der Waals surface area (Å²) in [5.41, 5.74) is 7.44. The molecule has 7 heteroatoms. The summed E-state index contributed by atoms with van der Waals surface area (Å²) in [6, 6.07) is 18.7. The predicted molar refractivity (Wildman–Crippen MR) is 142 cm³/mol.